The van der Waals surface area contributed by atoms with Crippen LogP contribution >= 0.6 is 0 Å². The van der Waals surface area contributed by atoms with E-state index in [4.69, 9.17) is 9.57 Å². The quantitative estimate of drug-likeness (QED) is 0.239. The number of carbonyl (C=O) groups excluding carboxylic acids is 1. The highest BCUT2D eigenvalue weighted by atomic mass is 19.4. The second kappa shape index (κ2) is 11.7. The standard InChI is InChI=1S/C26H24F3N7O3/c1-4-39-36-25(37)19-13-33-23(34-17-8-16(11-30-12-17)26(27,28)29)9-21(19)35-20-7-5-6-18(24(20)38-3)22-14-31-15(2)10-32-22/h5-14H,4H2,1-3H3,(H,36,37)(H2,33,34,35). The lowest BCUT2D eigenvalue weighted by atomic mass is 10.1. The molecule has 39 heavy (non-hydrogen) atoms. The molecular weight excluding hydrogens is 515 g/mol. The second-order valence-electron chi connectivity index (χ2n) is 8.12. The average Bonchev–Trinajstić information content (AvgIpc) is 2.92. The van der Waals surface area contributed by atoms with Crippen LogP contribution in [0.15, 0.2) is 61.3 Å². The maximum atomic E-state index is 13.1. The van der Waals surface area contributed by atoms with Crippen molar-refractivity contribution in [2.45, 2.75) is 20.0 Å². The van der Waals surface area contributed by atoms with Crippen molar-refractivity contribution in [3.63, 3.8) is 0 Å². The van der Waals surface area contributed by atoms with Crippen molar-refractivity contribution < 1.29 is 27.5 Å². The predicted octanol–water partition coefficient (Wildman–Crippen LogP) is 5.44. The van der Waals surface area contributed by atoms with Gasteiger partial charge in [-0.15, -0.1) is 0 Å². The monoisotopic (exact) mass is 539 g/mol. The Morgan fingerprint density at radius 1 is 0.974 bits per heavy atom. The Morgan fingerprint density at radius 2 is 1.79 bits per heavy atom. The fourth-order valence-corrected chi connectivity index (χ4v) is 3.55. The molecule has 13 heteroatoms. The van der Waals surface area contributed by atoms with Crippen LogP contribution < -0.4 is 20.9 Å². The van der Waals surface area contributed by atoms with Gasteiger partial charge in [-0.05, 0) is 32.0 Å². The lowest BCUT2D eigenvalue weighted by Gasteiger charge is -2.18. The third-order valence-electron chi connectivity index (χ3n) is 5.34. The van der Waals surface area contributed by atoms with Crippen LogP contribution in [-0.2, 0) is 11.0 Å². The molecule has 0 aliphatic heterocycles. The molecule has 0 saturated carbocycles. The van der Waals surface area contributed by atoms with Crippen molar-refractivity contribution in [2.75, 3.05) is 24.4 Å². The molecule has 0 unspecified atom stereocenters. The minimum atomic E-state index is -4.56. The zero-order valence-electron chi connectivity index (χ0n) is 21.1. The number of hydrogen-bond donors (Lipinski definition) is 3. The Bertz CT molecular complexity index is 1460. The predicted molar refractivity (Wildman–Crippen MR) is 138 cm³/mol. The van der Waals surface area contributed by atoms with Crippen molar-refractivity contribution in [3.8, 4) is 17.0 Å². The number of nitrogens with zero attached hydrogens (tertiary/aromatic N) is 4. The molecule has 1 amide bonds. The van der Waals surface area contributed by atoms with E-state index in [9.17, 15) is 18.0 Å². The molecule has 0 atom stereocenters. The van der Waals surface area contributed by atoms with Gasteiger partial charge in [0, 0.05) is 30.2 Å². The van der Waals surface area contributed by atoms with Gasteiger partial charge in [0.1, 0.15) is 5.82 Å². The first kappa shape index (κ1) is 27.3. The Hall–Kier alpha value is -4.78. The van der Waals surface area contributed by atoms with Crippen LogP contribution in [0.5, 0.6) is 5.75 Å². The molecule has 0 bridgehead atoms. The summed E-state index contributed by atoms with van der Waals surface area (Å²) in [5.74, 6) is 0.00462. The van der Waals surface area contributed by atoms with Crippen molar-refractivity contribution in [3.05, 3.63) is 78.1 Å². The molecule has 0 saturated heterocycles. The van der Waals surface area contributed by atoms with Crippen molar-refractivity contribution in [1.82, 2.24) is 25.4 Å². The van der Waals surface area contributed by atoms with Gasteiger partial charge in [-0.25, -0.2) is 10.5 Å². The molecule has 202 valence electrons. The maximum absolute atomic E-state index is 13.1. The van der Waals surface area contributed by atoms with E-state index in [1.807, 2.05) is 13.0 Å². The first-order chi connectivity index (χ1) is 18.7. The van der Waals surface area contributed by atoms with Crippen LogP contribution in [0.25, 0.3) is 11.3 Å². The number of carbonyl (C=O) groups is 1. The molecule has 0 spiro atoms. The highest BCUT2D eigenvalue weighted by Crippen LogP contribution is 2.38. The van der Waals surface area contributed by atoms with Gasteiger partial charge in [0.25, 0.3) is 5.91 Å². The van der Waals surface area contributed by atoms with Gasteiger partial charge in [0.05, 0.1) is 65.7 Å². The van der Waals surface area contributed by atoms with Gasteiger partial charge in [-0.1, -0.05) is 6.07 Å². The van der Waals surface area contributed by atoms with E-state index in [-0.39, 0.29) is 29.4 Å². The van der Waals surface area contributed by atoms with Gasteiger partial charge in [0.15, 0.2) is 5.75 Å². The van der Waals surface area contributed by atoms with Crippen LogP contribution in [0.2, 0.25) is 0 Å². The van der Waals surface area contributed by atoms with Crippen LogP contribution in [0.1, 0.15) is 28.5 Å². The van der Waals surface area contributed by atoms with E-state index in [1.54, 1.807) is 31.5 Å². The molecule has 3 N–H and O–H groups in total. The van der Waals surface area contributed by atoms with E-state index in [0.717, 1.165) is 18.0 Å². The van der Waals surface area contributed by atoms with Gasteiger partial charge >= 0.3 is 6.18 Å². The number of halogens is 3. The van der Waals surface area contributed by atoms with Crippen LogP contribution in [0.4, 0.5) is 36.1 Å². The number of amides is 1. The molecule has 0 aliphatic rings. The van der Waals surface area contributed by atoms with E-state index in [2.05, 4.69) is 36.0 Å². The zero-order chi connectivity index (χ0) is 28.0. The summed E-state index contributed by atoms with van der Waals surface area (Å²) in [7, 11) is 1.49. The van der Waals surface area contributed by atoms with Crippen LogP contribution in [-0.4, -0.2) is 39.6 Å². The molecule has 10 nitrogen and oxygen atoms in total. The topological polar surface area (TPSA) is 123 Å². The number of anilines is 4. The van der Waals surface area contributed by atoms with Gasteiger partial charge in [0.2, 0.25) is 0 Å². The highest BCUT2D eigenvalue weighted by Gasteiger charge is 2.31. The van der Waals surface area contributed by atoms with E-state index >= 15 is 0 Å². The Labute approximate surface area is 221 Å². The van der Waals surface area contributed by atoms with Crippen LogP contribution in [0.3, 0.4) is 0 Å². The zero-order valence-corrected chi connectivity index (χ0v) is 21.1. The van der Waals surface area contributed by atoms with E-state index < -0.39 is 17.6 Å². The number of aromatic nitrogens is 4. The maximum Gasteiger partial charge on any atom is 0.417 e. The van der Waals surface area contributed by atoms with Gasteiger partial charge in [-0.3, -0.25) is 24.6 Å². The molecule has 3 heterocycles. The second-order valence-corrected chi connectivity index (χ2v) is 8.12. The number of nitrogens with one attached hydrogen (secondary N) is 3. The van der Waals surface area contributed by atoms with Crippen molar-refractivity contribution >= 4 is 28.8 Å². The lowest BCUT2D eigenvalue weighted by molar-refractivity contribution is -0.137. The number of hydrogen-bond acceptors (Lipinski definition) is 9. The highest BCUT2D eigenvalue weighted by molar-refractivity contribution is 6.00. The Balaban J connectivity index is 1.73. The number of para-hydroxylation sites is 1. The summed E-state index contributed by atoms with van der Waals surface area (Å²) in [5.41, 5.74) is 4.31. The van der Waals surface area contributed by atoms with Gasteiger partial charge < -0.3 is 15.4 Å². The molecule has 0 aliphatic carbocycles. The SMILES string of the molecule is CCONC(=O)c1cnc(Nc2cncc(C(F)(F)F)c2)cc1Nc1cccc(-c2cnc(C)cn2)c1OC. The summed E-state index contributed by atoms with van der Waals surface area (Å²) in [6.45, 7) is 3.76. The molecule has 4 rings (SSSR count). The number of rotatable bonds is 9. The summed E-state index contributed by atoms with van der Waals surface area (Å²) < 4.78 is 45.1. The number of benzene rings is 1. The first-order valence-corrected chi connectivity index (χ1v) is 11.6. The third-order valence-corrected chi connectivity index (χ3v) is 5.34. The number of alkyl halides is 3. The van der Waals surface area contributed by atoms with Crippen molar-refractivity contribution in [2.24, 2.45) is 0 Å². The number of methoxy groups -OCH3 is 1. The lowest BCUT2D eigenvalue weighted by Crippen LogP contribution is -2.24. The summed E-state index contributed by atoms with van der Waals surface area (Å²) >= 11 is 0. The fraction of sp³-hybridized carbons (Fsp3) is 0.192. The normalized spacial score (nSPS) is 11.1. The molecule has 0 fully saturated rings. The minimum absolute atomic E-state index is 0.0623. The third kappa shape index (κ3) is 6.57. The first-order valence-electron chi connectivity index (χ1n) is 11.6. The van der Waals surface area contributed by atoms with E-state index in [1.165, 1.54) is 25.6 Å². The average molecular weight is 540 g/mol. The number of hydroxylamine groups is 1. The molecule has 0 radical (unpaired) electrons. The largest absolute Gasteiger partial charge is 0.494 e. The van der Waals surface area contributed by atoms with Gasteiger partial charge in [-0.2, -0.15) is 13.2 Å². The molecule has 3 aromatic heterocycles. The number of ether oxygens (including phenoxy) is 1. The summed E-state index contributed by atoms with van der Waals surface area (Å²) in [5, 5.41) is 5.96. The van der Waals surface area contributed by atoms with E-state index in [0.29, 0.717) is 22.7 Å². The molecule has 4 aromatic rings. The summed E-state index contributed by atoms with van der Waals surface area (Å²) in [6.07, 6.45) is 1.92. The molecular formula is C26H24F3N7O3. The Kier molecular flexibility index (Phi) is 8.20. The number of aryl methyl sites for hydroxylation is 1. The van der Waals surface area contributed by atoms with Crippen molar-refractivity contribution in [1.29, 1.82) is 0 Å². The fourth-order valence-electron chi connectivity index (χ4n) is 3.55. The summed E-state index contributed by atoms with van der Waals surface area (Å²) in [6, 6.07) is 7.70. The summed E-state index contributed by atoms with van der Waals surface area (Å²) in [4.78, 5) is 34.4. The smallest absolute Gasteiger partial charge is 0.417 e. The number of pyridine rings is 2. The molecule has 1 aromatic carbocycles. The minimum Gasteiger partial charge on any atom is -0.494 e. The Morgan fingerprint density at radius 3 is 2.49 bits per heavy atom. The van der Waals surface area contributed by atoms with Crippen LogP contribution in [0, 0.1) is 6.92 Å².